The van der Waals surface area contributed by atoms with Gasteiger partial charge in [0, 0.05) is 12.1 Å². The fourth-order valence-electron chi connectivity index (χ4n) is 2.34. The van der Waals surface area contributed by atoms with E-state index in [9.17, 15) is 5.11 Å². The Balaban J connectivity index is 2.22. The predicted octanol–water partition coefficient (Wildman–Crippen LogP) is 2.31. The molecule has 0 heterocycles. The SMILES string of the molecule is CCC(C)CC(C)NC1CCCC1O. The van der Waals surface area contributed by atoms with Crippen LogP contribution in [0.1, 0.15) is 52.9 Å². The molecule has 1 rings (SSSR count). The molecule has 1 aliphatic rings. The molecule has 2 nitrogen and oxygen atoms in total. The van der Waals surface area contributed by atoms with Crippen molar-refractivity contribution in [2.24, 2.45) is 5.92 Å². The van der Waals surface area contributed by atoms with Crippen molar-refractivity contribution in [1.29, 1.82) is 0 Å². The fraction of sp³-hybridized carbons (Fsp3) is 1.00. The number of hydrogen-bond acceptors (Lipinski definition) is 2. The summed E-state index contributed by atoms with van der Waals surface area (Å²) >= 11 is 0. The minimum atomic E-state index is -0.102. The molecule has 2 heteroatoms. The standard InChI is InChI=1S/C12H25NO/c1-4-9(2)8-10(3)13-11-6-5-7-12(11)14/h9-14H,4-8H2,1-3H3. The first-order chi connectivity index (χ1) is 6.63. The van der Waals surface area contributed by atoms with Crippen LogP contribution in [-0.2, 0) is 0 Å². The van der Waals surface area contributed by atoms with Crippen LogP contribution in [0.3, 0.4) is 0 Å². The molecule has 1 aliphatic carbocycles. The monoisotopic (exact) mass is 199 g/mol. The van der Waals surface area contributed by atoms with Gasteiger partial charge in [-0.3, -0.25) is 0 Å². The zero-order valence-corrected chi connectivity index (χ0v) is 9.79. The zero-order chi connectivity index (χ0) is 10.6. The molecule has 0 amide bonds. The van der Waals surface area contributed by atoms with Crippen molar-refractivity contribution in [3.05, 3.63) is 0 Å². The van der Waals surface area contributed by atoms with Gasteiger partial charge in [-0.05, 0) is 38.5 Å². The molecule has 0 bridgehead atoms. The van der Waals surface area contributed by atoms with Gasteiger partial charge >= 0.3 is 0 Å². The third kappa shape index (κ3) is 3.58. The summed E-state index contributed by atoms with van der Waals surface area (Å²) in [6.45, 7) is 6.77. The van der Waals surface area contributed by atoms with Crippen molar-refractivity contribution in [2.75, 3.05) is 0 Å². The van der Waals surface area contributed by atoms with E-state index >= 15 is 0 Å². The first-order valence-electron chi connectivity index (χ1n) is 6.07. The highest BCUT2D eigenvalue weighted by Crippen LogP contribution is 2.20. The van der Waals surface area contributed by atoms with Gasteiger partial charge in [0.1, 0.15) is 0 Å². The number of nitrogens with one attached hydrogen (secondary N) is 1. The lowest BCUT2D eigenvalue weighted by molar-refractivity contribution is 0.141. The van der Waals surface area contributed by atoms with E-state index in [0.717, 1.165) is 18.8 Å². The van der Waals surface area contributed by atoms with Crippen molar-refractivity contribution in [2.45, 2.75) is 71.1 Å². The molecule has 0 saturated heterocycles. The fourth-order valence-corrected chi connectivity index (χ4v) is 2.34. The van der Waals surface area contributed by atoms with Crippen LogP contribution in [-0.4, -0.2) is 23.3 Å². The summed E-state index contributed by atoms with van der Waals surface area (Å²) in [5.74, 6) is 0.788. The predicted molar refractivity (Wildman–Crippen MR) is 60.3 cm³/mol. The van der Waals surface area contributed by atoms with Gasteiger partial charge in [0.15, 0.2) is 0 Å². The first kappa shape index (κ1) is 12.0. The van der Waals surface area contributed by atoms with E-state index in [0.29, 0.717) is 12.1 Å². The second-order valence-corrected chi connectivity index (χ2v) is 4.92. The van der Waals surface area contributed by atoms with E-state index in [1.807, 2.05) is 0 Å². The average molecular weight is 199 g/mol. The van der Waals surface area contributed by atoms with Crippen LogP contribution in [0.2, 0.25) is 0 Å². The molecule has 1 saturated carbocycles. The molecule has 0 aromatic heterocycles. The minimum Gasteiger partial charge on any atom is -0.392 e. The minimum absolute atomic E-state index is 0.102. The summed E-state index contributed by atoms with van der Waals surface area (Å²) in [4.78, 5) is 0. The molecule has 14 heavy (non-hydrogen) atoms. The molecule has 4 unspecified atom stereocenters. The van der Waals surface area contributed by atoms with Gasteiger partial charge in [-0.2, -0.15) is 0 Å². The highest BCUT2D eigenvalue weighted by Gasteiger charge is 2.26. The van der Waals surface area contributed by atoms with Crippen LogP contribution in [0, 0.1) is 5.92 Å². The summed E-state index contributed by atoms with van der Waals surface area (Å²) in [5.41, 5.74) is 0. The quantitative estimate of drug-likeness (QED) is 0.712. The van der Waals surface area contributed by atoms with E-state index in [4.69, 9.17) is 0 Å². The number of aliphatic hydroxyl groups excluding tert-OH is 1. The molecule has 84 valence electrons. The molecular weight excluding hydrogens is 174 g/mol. The maximum Gasteiger partial charge on any atom is 0.0693 e. The molecule has 1 fully saturated rings. The largest absolute Gasteiger partial charge is 0.392 e. The Morgan fingerprint density at radius 2 is 2.07 bits per heavy atom. The molecule has 0 aromatic rings. The molecule has 0 aromatic carbocycles. The molecule has 2 N–H and O–H groups in total. The summed E-state index contributed by atoms with van der Waals surface area (Å²) in [5, 5.41) is 13.2. The van der Waals surface area contributed by atoms with E-state index < -0.39 is 0 Å². The summed E-state index contributed by atoms with van der Waals surface area (Å²) in [6.07, 6.45) is 5.67. The molecule has 4 atom stereocenters. The van der Waals surface area contributed by atoms with Gasteiger partial charge in [0.05, 0.1) is 6.10 Å². The van der Waals surface area contributed by atoms with Gasteiger partial charge in [-0.25, -0.2) is 0 Å². The Morgan fingerprint density at radius 1 is 1.36 bits per heavy atom. The summed E-state index contributed by atoms with van der Waals surface area (Å²) in [7, 11) is 0. The van der Waals surface area contributed by atoms with Crippen molar-refractivity contribution >= 4 is 0 Å². The number of hydrogen-bond donors (Lipinski definition) is 2. The van der Waals surface area contributed by atoms with Gasteiger partial charge in [-0.1, -0.05) is 20.3 Å². The Hall–Kier alpha value is -0.0800. The van der Waals surface area contributed by atoms with Crippen LogP contribution in [0.15, 0.2) is 0 Å². The lowest BCUT2D eigenvalue weighted by Crippen LogP contribution is -2.41. The summed E-state index contributed by atoms with van der Waals surface area (Å²) in [6, 6.07) is 0.900. The smallest absolute Gasteiger partial charge is 0.0693 e. The van der Waals surface area contributed by atoms with Crippen molar-refractivity contribution in [3.63, 3.8) is 0 Å². The van der Waals surface area contributed by atoms with E-state index in [-0.39, 0.29) is 6.10 Å². The van der Waals surface area contributed by atoms with Crippen LogP contribution >= 0.6 is 0 Å². The van der Waals surface area contributed by atoms with E-state index in [1.165, 1.54) is 19.3 Å². The van der Waals surface area contributed by atoms with E-state index in [1.54, 1.807) is 0 Å². The van der Waals surface area contributed by atoms with Crippen molar-refractivity contribution in [1.82, 2.24) is 5.32 Å². The molecule has 0 spiro atoms. The third-order valence-electron chi connectivity index (χ3n) is 3.43. The molecule has 0 radical (unpaired) electrons. The lowest BCUT2D eigenvalue weighted by Gasteiger charge is -2.24. The Morgan fingerprint density at radius 3 is 2.57 bits per heavy atom. The lowest BCUT2D eigenvalue weighted by atomic mass is 9.99. The maximum atomic E-state index is 9.67. The molecule has 0 aliphatic heterocycles. The van der Waals surface area contributed by atoms with Gasteiger partial charge in [0.25, 0.3) is 0 Å². The van der Waals surface area contributed by atoms with E-state index in [2.05, 4.69) is 26.1 Å². The van der Waals surface area contributed by atoms with Crippen LogP contribution in [0.5, 0.6) is 0 Å². The van der Waals surface area contributed by atoms with Crippen molar-refractivity contribution < 1.29 is 5.11 Å². The third-order valence-corrected chi connectivity index (χ3v) is 3.43. The summed E-state index contributed by atoms with van der Waals surface area (Å²) < 4.78 is 0. The maximum absolute atomic E-state index is 9.67. The van der Waals surface area contributed by atoms with Crippen molar-refractivity contribution in [3.8, 4) is 0 Å². The Labute approximate surface area is 88.1 Å². The second kappa shape index (κ2) is 5.72. The Bertz CT molecular complexity index is 160. The van der Waals surface area contributed by atoms with Gasteiger partial charge in [-0.15, -0.1) is 0 Å². The van der Waals surface area contributed by atoms with Gasteiger partial charge < -0.3 is 10.4 Å². The Kier molecular flexibility index (Phi) is 4.90. The van der Waals surface area contributed by atoms with Crippen LogP contribution < -0.4 is 5.32 Å². The van der Waals surface area contributed by atoms with Crippen LogP contribution in [0.25, 0.3) is 0 Å². The highest BCUT2D eigenvalue weighted by atomic mass is 16.3. The number of aliphatic hydroxyl groups is 1. The van der Waals surface area contributed by atoms with Crippen LogP contribution in [0.4, 0.5) is 0 Å². The van der Waals surface area contributed by atoms with Gasteiger partial charge in [0.2, 0.25) is 0 Å². The zero-order valence-electron chi connectivity index (χ0n) is 9.79. The topological polar surface area (TPSA) is 32.3 Å². The number of rotatable bonds is 5. The highest BCUT2D eigenvalue weighted by molar-refractivity contribution is 4.84. The average Bonchev–Trinajstić information content (AvgIpc) is 2.51. The second-order valence-electron chi connectivity index (χ2n) is 4.92. The molecular formula is C12H25NO. The first-order valence-corrected chi connectivity index (χ1v) is 6.07. The normalized spacial score (nSPS) is 31.7.